The van der Waals surface area contributed by atoms with Gasteiger partial charge >= 0.3 is 0 Å². The summed E-state index contributed by atoms with van der Waals surface area (Å²) in [5.41, 5.74) is 12.2. The smallest absolute Gasteiger partial charge is 0.0825 e. The molecule has 10 rings (SSSR count). The quantitative estimate of drug-likeness (QED) is 0.171. The van der Waals surface area contributed by atoms with Crippen LogP contribution in [0.4, 0.5) is 0 Å². The molecule has 0 amide bonds. The molecule has 6 heteroatoms. The van der Waals surface area contributed by atoms with Gasteiger partial charge in [0.1, 0.15) is 0 Å². The van der Waals surface area contributed by atoms with Crippen molar-refractivity contribution in [2.75, 3.05) is 0 Å². The van der Waals surface area contributed by atoms with Crippen LogP contribution in [-0.2, 0) is 0 Å². The Hall–Kier alpha value is -6.08. The molecule has 0 saturated carbocycles. The third-order valence-electron chi connectivity index (χ3n) is 9.49. The van der Waals surface area contributed by atoms with Gasteiger partial charge in [0.05, 0.1) is 43.6 Å². The fraction of sp³-hybridized carbons (Fsp3) is 0. The molecule has 6 aromatic carbocycles. The Morgan fingerprint density at radius 1 is 0.300 bits per heavy atom. The summed E-state index contributed by atoms with van der Waals surface area (Å²) in [6.07, 6.45) is 3.78. The molecule has 10 aromatic rings. The second-order valence-corrected chi connectivity index (χ2v) is 14.0. The third kappa shape index (κ3) is 4.57. The van der Waals surface area contributed by atoms with E-state index < -0.39 is 0 Å². The van der Waals surface area contributed by atoms with Crippen LogP contribution in [0.5, 0.6) is 0 Å². The largest absolute Gasteiger partial charge is 0.252 e. The fourth-order valence-electron chi connectivity index (χ4n) is 7.45. The molecule has 0 bridgehead atoms. The normalized spacial score (nSPS) is 11.6. The van der Waals surface area contributed by atoms with Gasteiger partial charge in [-0.3, -0.25) is 9.97 Å². The highest BCUT2D eigenvalue weighted by molar-refractivity contribution is 7.13. The van der Waals surface area contributed by atoms with E-state index in [0.29, 0.717) is 0 Å². The first-order valence-electron chi connectivity index (χ1n) is 16.4. The molecule has 4 heterocycles. The van der Waals surface area contributed by atoms with Crippen LogP contribution in [-0.4, -0.2) is 19.9 Å². The van der Waals surface area contributed by atoms with Gasteiger partial charge in [-0.2, -0.15) is 0 Å². The highest BCUT2D eigenvalue weighted by atomic mass is 32.1. The number of benzene rings is 6. The first-order chi connectivity index (χ1) is 24.8. The van der Waals surface area contributed by atoms with E-state index in [1.54, 1.807) is 22.7 Å². The van der Waals surface area contributed by atoms with Crippen molar-refractivity contribution in [2.45, 2.75) is 0 Å². The van der Waals surface area contributed by atoms with Gasteiger partial charge in [0.2, 0.25) is 0 Å². The molecule has 50 heavy (non-hydrogen) atoms. The van der Waals surface area contributed by atoms with Crippen LogP contribution in [0.1, 0.15) is 0 Å². The molecule has 0 radical (unpaired) electrons. The van der Waals surface area contributed by atoms with Crippen LogP contribution in [0.3, 0.4) is 0 Å². The maximum Gasteiger partial charge on any atom is 0.0825 e. The second-order valence-electron chi connectivity index (χ2n) is 12.2. The third-order valence-corrected chi connectivity index (χ3v) is 11.1. The molecule has 0 aliphatic carbocycles. The second kappa shape index (κ2) is 11.8. The zero-order chi connectivity index (χ0) is 33.0. The predicted octanol–water partition coefficient (Wildman–Crippen LogP) is 12.3. The van der Waals surface area contributed by atoms with Gasteiger partial charge in [0.15, 0.2) is 0 Å². The average molecular weight is 675 g/mol. The number of fused-ring (bicyclic) bond motifs is 4. The summed E-state index contributed by atoms with van der Waals surface area (Å²) in [7, 11) is 0. The molecule has 0 atom stereocenters. The number of hydrogen-bond acceptors (Lipinski definition) is 6. The van der Waals surface area contributed by atoms with Gasteiger partial charge in [0, 0.05) is 23.5 Å². The van der Waals surface area contributed by atoms with Gasteiger partial charge in [0.25, 0.3) is 0 Å². The van der Waals surface area contributed by atoms with Gasteiger partial charge < -0.3 is 0 Å². The molecule has 4 aromatic heterocycles. The fourth-order valence-corrected chi connectivity index (χ4v) is 8.64. The molecule has 0 fully saturated rings. The van der Waals surface area contributed by atoms with Crippen LogP contribution < -0.4 is 0 Å². The van der Waals surface area contributed by atoms with Crippen molar-refractivity contribution >= 4 is 65.8 Å². The number of aromatic nitrogens is 4. The molecule has 234 valence electrons. The Bertz CT molecular complexity index is 2560. The van der Waals surface area contributed by atoms with E-state index in [0.717, 1.165) is 43.7 Å². The summed E-state index contributed by atoms with van der Waals surface area (Å²) in [5.74, 6) is 0. The van der Waals surface area contributed by atoms with E-state index in [-0.39, 0.29) is 0 Å². The molecule has 0 saturated heterocycles. The number of nitrogens with zero attached hydrogens (tertiary/aromatic N) is 4. The summed E-state index contributed by atoms with van der Waals surface area (Å²) < 4.78 is 0. The summed E-state index contributed by atoms with van der Waals surface area (Å²) in [5, 5.41) is 9.47. The molecule has 0 aliphatic rings. The first-order valence-corrected chi connectivity index (χ1v) is 18.2. The highest BCUT2D eigenvalue weighted by Crippen LogP contribution is 2.49. The van der Waals surface area contributed by atoms with Crippen molar-refractivity contribution in [2.24, 2.45) is 0 Å². The zero-order valence-electron chi connectivity index (χ0n) is 26.6. The van der Waals surface area contributed by atoms with Crippen molar-refractivity contribution in [1.29, 1.82) is 0 Å². The lowest BCUT2D eigenvalue weighted by atomic mass is 9.82. The van der Waals surface area contributed by atoms with E-state index >= 15 is 0 Å². The average Bonchev–Trinajstić information content (AvgIpc) is 3.93. The topological polar surface area (TPSA) is 51.6 Å². The Morgan fingerprint density at radius 2 is 0.600 bits per heavy atom. The van der Waals surface area contributed by atoms with E-state index in [9.17, 15) is 0 Å². The Balaban J connectivity index is 1.32. The monoisotopic (exact) mass is 674 g/mol. The van der Waals surface area contributed by atoms with Gasteiger partial charge in [-0.1, -0.05) is 109 Å². The standard InChI is InChI=1S/C44H26N4S2/c1-5-15-31-27(11-1)41(37-21-9-19-35(47-37)39-23-45-25-49-39)28-12-2-6-16-32(28)43(31)44-33-17-7-3-13-29(33)42(30-14-4-8-18-34(30)44)38-22-10-20-36(48-38)40-24-46-26-50-40/h1-26H. The van der Waals surface area contributed by atoms with E-state index in [2.05, 4.69) is 143 Å². The summed E-state index contributed by atoms with van der Waals surface area (Å²) in [4.78, 5) is 21.2. The van der Waals surface area contributed by atoms with Crippen molar-refractivity contribution in [1.82, 2.24) is 19.9 Å². The molecule has 4 nitrogen and oxygen atoms in total. The molecular weight excluding hydrogens is 649 g/mol. The number of rotatable bonds is 5. The van der Waals surface area contributed by atoms with Gasteiger partial charge in [-0.15, -0.1) is 22.7 Å². The Kier molecular flexibility index (Phi) is 6.82. The summed E-state index contributed by atoms with van der Waals surface area (Å²) in [6.45, 7) is 0. The lowest BCUT2D eigenvalue weighted by Crippen LogP contribution is -1.96. The maximum absolute atomic E-state index is 5.22. The lowest BCUT2D eigenvalue weighted by Gasteiger charge is -2.22. The van der Waals surface area contributed by atoms with Crippen molar-refractivity contribution in [3.8, 4) is 54.8 Å². The van der Waals surface area contributed by atoms with Gasteiger partial charge in [-0.05, 0) is 78.5 Å². The zero-order valence-corrected chi connectivity index (χ0v) is 28.2. The minimum absolute atomic E-state index is 0.933. The Labute approximate surface area is 296 Å². The predicted molar refractivity (Wildman–Crippen MR) is 211 cm³/mol. The minimum Gasteiger partial charge on any atom is -0.252 e. The number of thiazole rings is 2. The van der Waals surface area contributed by atoms with Crippen LogP contribution in [0, 0.1) is 0 Å². The van der Waals surface area contributed by atoms with Gasteiger partial charge in [-0.25, -0.2) is 9.97 Å². The molecular formula is C44H26N4S2. The van der Waals surface area contributed by atoms with Crippen LogP contribution in [0.2, 0.25) is 0 Å². The molecule has 0 unspecified atom stereocenters. The lowest BCUT2D eigenvalue weighted by molar-refractivity contribution is 1.33. The van der Waals surface area contributed by atoms with Crippen LogP contribution in [0.15, 0.2) is 157 Å². The minimum atomic E-state index is 0.933. The first kappa shape index (κ1) is 28.9. The number of pyridine rings is 2. The molecule has 0 aliphatic heterocycles. The summed E-state index contributed by atoms with van der Waals surface area (Å²) >= 11 is 3.22. The summed E-state index contributed by atoms with van der Waals surface area (Å²) in [6, 6.07) is 47.8. The molecule has 0 spiro atoms. The maximum atomic E-state index is 5.22. The van der Waals surface area contributed by atoms with Crippen molar-refractivity contribution in [3.63, 3.8) is 0 Å². The van der Waals surface area contributed by atoms with Crippen molar-refractivity contribution in [3.05, 3.63) is 157 Å². The van der Waals surface area contributed by atoms with E-state index in [1.165, 1.54) is 54.2 Å². The van der Waals surface area contributed by atoms with E-state index in [1.807, 2.05) is 23.4 Å². The number of hydrogen-bond donors (Lipinski definition) is 0. The van der Waals surface area contributed by atoms with Crippen molar-refractivity contribution < 1.29 is 0 Å². The molecule has 0 N–H and O–H groups in total. The Morgan fingerprint density at radius 3 is 0.900 bits per heavy atom. The highest BCUT2D eigenvalue weighted by Gasteiger charge is 2.23. The van der Waals surface area contributed by atoms with Crippen LogP contribution >= 0.6 is 22.7 Å². The SMILES string of the molecule is c1cc(-c2cncs2)nc(-c2c3ccccc3c(-c3c4ccccc4c(-c4cccc(-c5cncs5)n4)c4ccccc34)c3ccccc23)c1. The van der Waals surface area contributed by atoms with E-state index in [4.69, 9.17) is 9.97 Å². The van der Waals surface area contributed by atoms with Crippen LogP contribution in [0.25, 0.3) is 97.9 Å².